The van der Waals surface area contributed by atoms with Crippen LogP contribution in [0.25, 0.3) is 0 Å². The molecule has 18 heavy (non-hydrogen) atoms. The number of anilines is 2. The van der Waals surface area contributed by atoms with Gasteiger partial charge in [-0.2, -0.15) is 0 Å². The average molecular weight is 249 g/mol. The third-order valence-electron chi connectivity index (χ3n) is 2.71. The van der Waals surface area contributed by atoms with Crippen LogP contribution in [0.15, 0.2) is 60.7 Å². The number of hydrogen-bond donors (Lipinski definition) is 0. The van der Waals surface area contributed by atoms with Crippen LogP contribution < -0.4 is 39.6 Å². The Morgan fingerprint density at radius 3 is 1.61 bits per heavy atom. The van der Waals surface area contributed by atoms with E-state index in [1.165, 1.54) is 0 Å². The minimum atomic E-state index is -0.750. The average Bonchev–Trinajstić information content (AvgIpc) is 2.41. The van der Waals surface area contributed by atoms with E-state index >= 15 is 0 Å². The Bertz CT molecular complexity index is 407. The molecule has 1 atom stereocenters. The monoisotopic (exact) mass is 249 g/mol. The summed E-state index contributed by atoms with van der Waals surface area (Å²) < 4.78 is 0. The first-order valence-corrected chi connectivity index (χ1v) is 5.88. The third kappa shape index (κ3) is 3.59. The van der Waals surface area contributed by atoms with E-state index in [2.05, 4.69) is 0 Å². The van der Waals surface area contributed by atoms with Crippen molar-refractivity contribution in [2.75, 3.05) is 4.90 Å². The van der Waals surface area contributed by atoms with Gasteiger partial charge in [0, 0.05) is 11.4 Å². The van der Waals surface area contributed by atoms with Gasteiger partial charge < -0.3 is 10.0 Å². The van der Waals surface area contributed by atoms with Crippen molar-refractivity contribution in [3.05, 3.63) is 60.7 Å². The van der Waals surface area contributed by atoms with E-state index in [-0.39, 0.29) is 29.6 Å². The Hall–Kier alpha value is -0.800. The number of rotatable bonds is 4. The molecule has 2 aromatic carbocycles. The third-order valence-corrected chi connectivity index (χ3v) is 2.71. The molecule has 2 nitrogen and oxygen atoms in total. The summed E-state index contributed by atoms with van der Waals surface area (Å²) in [5.74, 6) is 0. The summed E-state index contributed by atoms with van der Waals surface area (Å²) in [4.78, 5) is 1.83. The van der Waals surface area contributed by atoms with Gasteiger partial charge in [0.1, 0.15) is 0 Å². The van der Waals surface area contributed by atoms with Gasteiger partial charge >= 0.3 is 29.6 Å². The van der Waals surface area contributed by atoms with Crippen molar-refractivity contribution in [3.63, 3.8) is 0 Å². The molecule has 0 aromatic heterocycles. The number of hydrogen-bond acceptors (Lipinski definition) is 2. The molecule has 0 radical (unpaired) electrons. The standard InChI is InChI=1S/C15H16NO.Na/c1-2-15(17)16(13-9-5-3-6-10-13)14-11-7-4-8-12-14;/h3-12,15H,2H2,1H3;/q-1;+1. The molecule has 0 spiro atoms. The smallest absolute Gasteiger partial charge is 0.836 e. The second-order valence-electron chi connectivity index (χ2n) is 3.90. The predicted molar refractivity (Wildman–Crippen MR) is 69.1 cm³/mol. The SMILES string of the molecule is CCC([O-])N(c1ccccc1)c1ccccc1.[Na+]. The van der Waals surface area contributed by atoms with Gasteiger partial charge in [-0.1, -0.05) is 49.7 Å². The fourth-order valence-corrected chi connectivity index (χ4v) is 1.84. The van der Waals surface area contributed by atoms with E-state index in [1.807, 2.05) is 72.5 Å². The van der Waals surface area contributed by atoms with Crippen LogP contribution in [0.4, 0.5) is 11.4 Å². The van der Waals surface area contributed by atoms with Crippen molar-refractivity contribution in [1.82, 2.24) is 0 Å². The summed E-state index contributed by atoms with van der Waals surface area (Å²) in [5, 5.41) is 12.1. The Morgan fingerprint density at radius 1 is 0.889 bits per heavy atom. The van der Waals surface area contributed by atoms with Crippen LogP contribution in [0.3, 0.4) is 0 Å². The van der Waals surface area contributed by atoms with E-state index in [4.69, 9.17) is 0 Å². The summed E-state index contributed by atoms with van der Waals surface area (Å²) in [7, 11) is 0. The first-order valence-electron chi connectivity index (χ1n) is 5.88. The van der Waals surface area contributed by atoms with Gasteiger partial charge in [0.05, 0.1) is 0 Å². The topological polar surface area (TPSA) is 26.3 Å². The van der Waals surface area contributed by atoms with Crippen LogP contribution in [-0.2, 0) is 0 Å². The molecule has 3 heteroatoms. The van der Waals surface area contributed by atoms with Gasteiger partial charge in [-0.25, -0.2) is 0 Å². The van der Waals surface area contributed by atoms with Gasteiger partial charge in [-0.3, -0.25) is 0 Å². The van der Waals surface area contributed by atoms with Crippen LogP contribution in [0.1, 0.15) is 13.3 Å². The summed E-state index contributed by atoms with van der Waals surface area (Å²) in [6, 6.07) is 19.6. The molecule has 0 saturated heterocycles. The fourth-order valence-electron chi connectivity index (χ4n) is 1.84. The zero-order valence-corrected chi connectivity index (χ0v) is 12.9. The van der Waals surface area contributed by atoms with E-state index in [0.717, 1.165) is 11.4 Å². The second kappa shape index (κ2) is 7.59. The summed E-state index contributed by atoms with van der Waals surface area (Å²) >= 11 is 0. The van der Waals surface area contributed by atoms with Gasteiger partial charge in [0.15, 0.2) is 0 Å². The van der Waals surface area contributed by atoms with E-state index in [9.17, 15) is 5.11 Å². The van der Waals surface area contributed by atoms with Crippen molar-refractivity contribution >= 4 is 11.4 Å². The van der Waals surface area contributed by atoms with Crippen LogP contribution in [0.5, 0.6) is 0 Å². The molecule has 0 bridgehead atoms. The minimum absolute atomic E-state index is 0. The maximum absolute atomic E-state index is 12.1. The van der Waals surface area contributed by atoms with E-state index < -0.39 is 6.23 Å². The molecule has 0 aliphatic heterocycles. The fraction of sp³-hybridized carbons (Fsp3) is 0.200. The number of nitrogens with zero attached hydrogens (tertiary/aromatic N) is 1. The summed E-state index contributed by atoms with van der Waals surface area (Å²) in [6.07, 6.45) is -0.177. The minimum Gasteiger partial charge on any atom is -0.836 e. The molecule has 2 rings (SSSR count). The van der Waals surface area contributed by atoms with Gasteiger partial charge in [-0.05, 0) is 30.5 Å². The number of para-hydroxylation sites is 2. The molecule has 0 heterocycles. The van der Waals surface area contributed by atoms with E-state index in [1.54, 1.807) is 0 Å². The summed E-state index contributed by atoms with van der Waals surface area (Å²) in [6.45, 7) is 1.91. The van der Waals surface area contributed by atoms with Crippen LogP contribution >= 0.6 is 0 Å². The molecule has 0 amide bonds. The first-order chi connectivity index (χ1) is 8.33. The molecule has 0 fully saturated rings. The molecule has 88 valence electrons. The Balaban J connectivity index is 0.00000162. The Morgan fingerprint density at radius 2 is 1.28 bits per heavy atom. The van der Waals surface area contributed by atoms with Gasteiger partial charge in [0.2, 0.25) is 0 Å². The molecule has 0 saturated carbocycles. The maximum Gasteiger partial charge on any atom is 1.00 e. The zero-order chi connectivity index (χ0) is 12.1. The molecular formula is C15H16NNaO. The molecule has 2 aromatic rings. The molecule has 0 aliphatic rings. The normalized spacial score (nSPS) is 11.4. The van der Waals surface area contributed by atoms with Crippen LogP contribution in [0, 0.1) is 0 Å². The molecular weight excluding hydrogens is 233 g/mol. The summed E-state index contributed by atoms with van der Waals surface area (Å²) in [5.41, 5.74) is 1.89. The quantitative estimate of drug-likeness (QED) is 0.560. The Labute approximate surface area is 131 Å². The largest absolute Gasteiger partial charge is 1.00 e. The van der Waals surface area contributed by atoms with Crippen molar-refractivity contribution in [3.8, 4) is 0 Å². The van der Waals surface area contributed by atoms with Crippen molar-refractivity contribution in [2.45, 2.75) is 19.6 Å². The van der Waals surface area contributed by atoms with Crippen LogP contribution in [-0.4, -0.2) is 6.23 Å². The van der Waals surface area contributed by atoms with Gasteiger partial charge in [0.25, 0.3) is 0 Å². The second-order valence-corrected chi connectivity index (χ2v) is 3.90. The van der Waals surface area contributed by atoms with Gasteiger partial charge in [-0.15, -0.1) is 0 Å². The van der Waals surface area contributed by atoms with E-state index in [0.29, 0.717) is 6.42 Å². The van der Waals surface area contributed by atoms with Crippen LogP contribution in [0.2, 0.25) is 0 Å². The predicted octanol–water partition coefficient (Wildman–Crippen LogP) is -0.0749. The maximum atomic E-state index is 12.1. The van der Waals surface area contributed by atoms with Crippen molar-refractivity contribution in [2.24, 2.45) is 0 Å². The number of benzene rings is 2. The molecule has 0 N–H and O–H groups in total. The van der Waals surface area contributed by atoms with Crippen molar-refractivity contribution < 1.29 is 34.7 Å². The first kappa shape index (κ1) is 15.3. The Kier molecular flexibility index (Phi) is 6.44. The molecule has 0 aliphatic carbocycles. The zero-order valence-electron chi connectivity index (χ0n) is 10.9. The van der Waals surface area contributed by atoms with Crippen molar-refractivity contribution in [1.29, 1.82) is 0 Å². The molecule has 1 unspecified atom stereocenters.